The molecule has 2 aromatic rings. The number of carbonyl (C=O) groups is 1. The number of hydrogen-bond donors (Lipinski definition) is 2. The summed E-state index contributed by atoms with van der Waals surface area (Å²) in [6.07, 6.45) is 4.75. The molecule has 2 aliphatic heterocycles. The van der Waals surface area contributed by atoms with Gasteiger partial charge in [-0.3, -0.25) is 9.69 Å². The van der Waals surface area contributed by atoms with Gasteiger partial charge < -0.3 is 15.3 Å². The number of anilines is 1. The third-order valence-corrected chi connectivity index (χ3v) is 7.72. The Balaban J connectivity index is 1.37. The van der Waals surface area contributed by atoms with Gasteiger partial charge in [-0.2, -0.15) is 0 Å². The van der Waals surface area contributed by atoms with Gasteiger partial charge in [0, 0.05) is 24.8 Å². The van der Waals surface area contributed by atoms with Crippen LogP contribution in [-0.2, 0) is 10.4 Å². The quantitative estimate of drug-likeness (QED) is 0.765. The monoisotopic (exact) mass is 441 g/mol. The first-order valence-corrected chi connectivity index (χ1v) is 11.5. The molecule has 5 nitrogen and oxygen atoms in total. The minimum atomic E-state index is -1.02. The standard InChI is InChI=1S/C25H29F2N3O2/c26-19-6-4-18(5-7-19)25(32)12-2-1-3-22(25)29-15-13-24(14-16-29)23(31)28-17-30(24)21-10-8-20(27)9-11-21/h4-11,22,32H,1-3,12-17H2,(H,28,31). The number of rotatable bonds is 3. The van der Waals surface area contributed by atoms with E-state index in [2.05, 4.69) is 15.1 Å². The van der Waals surface area contributed by atoms with Crippen LogP contribution in [0, 0.1) is 11.6 Å². The molecular weight excluding hydrogens is 412 g/mol. The van der Waals surface area contributed by atoms with E-state index in [0.29, 0.717) is 39.0 Å². The number of halogens is 2. The maximum Gasteiger partial charge on any atom is 0.247 e. The van der Waals surface area contributed by atoms with E-state index in [1.807, 2.05) is 0 Å². The fourth-order valence-electron chi connectivity index (χ4n) is 5.95. The lowest BCUT2D eigenvalue weighted by Gasteiger charge is -2.51. The lowest BCUT2D eigenvalue weighted by atomic mass is 9.73. The van der Waals surface area contributed by atoms with Gasteiger partial charge in [0.1, 0.15) is 22.8 Å². The van der Waals surface area contributed by atoms with Gasteiger partial charge in [-0.1, -0.05) is 25.0 Å². The molecule has 32 heavy (non-hydrogen) atoms. The Bertz CT molecular complexity index is 974. The summed E-state index contributed by atoms with van der Waals surface area (Å²) in [7, 11) is 0. The van der Waals surface area contributed by atoms with Crippen molar-refractivity contribution in [1.29, 1.82) is 0 Å². The first-order chi connectivity index (χ1) is 15.4. The van der Waals surface area contributed by atoms with E-state index in [1.165, 1.54) is 24.3 Å². The van der Waals surface area contributed by atoms with Gasteiger partial charge >= 0.3 is 0 Å². The number of amides is 1. The second-order valence-corrected chi connectivity index (χ2v) is 9.33. The van der Waals surface area contributed by atoms with Gasteiger partial charge in [0.25, 0.3) is 0 Å². The van der Waals surface area contributed by atoms with Crippen LogP contribution in [0.1, 0.15) is 44.1 Å². The number of benzene rings is 2. The Hall–Kier alpha value is -2.51. The molecule has 0 radical (unpaired) electrons. The predicted octanol–water partition coefficient (Wildman–Crippen LogP) is 3.52. The number of nitrogens with zero attached hydrogens (tertiary/aromatic N) is 2. The van der Waals surface area contributed by atoms with Crippen LogP contribution in [0.3, 0.4) is 0 Å². The summed E-state index contributed by atoms with van der Waals surface area (Å²) in [6, 6.07) is 12.4. The molecule has 1 saturated carbocycles. The molecule has 1 aliphatic carbocycles. The van der Waals surface area contributed by atoms with Crippen molar-refractivity contribution in [3.63, 3.8) is 0 Å². The number of aliphatic hydroxyl groups is 1. The van der Waals surface area contributed by atoms with Crippen LogP contribution in [0.2, 0.25) is 0 Å². The molecule has 2 aromatic carbocycles. The molecule has 2 N–H and O–H groups in total. The maximum absolute atomic E-state index is 13.5. The topological polar surface area (TPSA) is 55.8 Å². The van der Waals surface area contributed by atoms with Crippen LogP contribution in [0.5, 0.6) is 0 Å². The van der Waals surface area contributed by atoms with Gasteiger partial charge in [0.05, 0.1) is 6.67 Å². The summed E-state index contributed by atoms with van der Waals surface area (Å²) in [6.45, 7) is 1.77. The van der Waals surface area contributed by atoms with Crippen LogP contribution < -0.4 is 10.2 Å². The smallest absolute Gasteiger partial charge is 0.247 e. The van der Waals surface area contributed by atoms with E-state index in [4.69, 9.17) is 0 Å². The SMILES string of the molecule is O=C1NCN(c2ccc(F)cc2)C12CCN(C1CCCCC1(O)c1ccc(F)cc1)CC2. The number of hydrogen-bond acceptors (Lipinski definition) is 4. The summed E-state index contributed by atoms with van der Waals surface area (Å²) in [5, 5.41) is 14.7. The summed E-state index contributed by atoms with van der Waals surface area (Å²) >= 11 is 0. The number of carbonyl (C=O) groups excluding carboxylic acids is 1. The lowest BCUT2D eigenvalue weighted by Crippen LogP contribution is -2.61. The van der Waals surface area contributed by atoms with E-state index < -0.39 is 11.1 Å². The Morgan fingerprint density at radius 3 is 2.19 bits per heavy atom. The number of likely N-dealkylation sites (tertiary alicyclic amines) is 1. The van der Waals surface area contributed by atoms with Crippen molar-refractivity contribution in [1.82, 2.24) is 10.2 Å². The zero-order chi connectivity index (χ0) is 22.3. The summed E-state index contributed by atoms with van der Waals surface area (Å²) in [5.74, 6) is -0.592. The highest BCUT2D eigenvalue weighted by molar-refractivity contribution is 5.93. The molecule has 0 aromatic heterocycles. The van der Waals surface area contributed by atoms with E-state index in [1.54, 1.807) is 24.3 Å². The van der Waals surface area contributed by atoms with Crippen LogP contribution in [0.15, 0.2) is 48.5 Å². The van der Waals surface area contributed by atoms with Gasteiger partial charge in [-0.25, -0.2) is 8.78 Å². The van der Waals surface area contributed by atoms with Crippen molar-refractivity contribution < 1.29 is 18.7 Å². The summed E-state index contributed by atoms with van der Waals surface area (Å²) in [5.41, 5.74) is -0.0868. The molecule has 0 bridgehead atoms. The highest BCUT2D eigenvalue weighted by Crippen LogP contribution is 2.43. The average Bonchev–Trinajstić information content (AvgIpc) is 3.11. The van der Waals surface area contributed by atoms with Crippen LogP contribution in [-0.4, -0.2) is 47.3 Å². The molecule has 3 aliphatic rings. The molecule has 1 spiro atoms. The van der Waals surface area contributed by atoms with Crippen LogP contribution in [0.4, 0.5) is 14.5 Å². The van der Waals surface area contributed by atoms with Crippen molar-refractivity contribution in [2.45, 2.75) is 55.7 Å². The minimum Gasteiger partial charge on any atom is -0.384 e. The average molecular weight is 442 g/mol. The molecular formula is C25H29F2N3O2. The van der Waals surface area contributed by atoms with Crippen LogP contribution >= 0.6 is 0 Å². The highest BCUT2D eigenvalue weighted by atomic mass is 19.1. The molecule has 5 rings (SSSR count). The van der Waals surface area contributed by atoms with Crippen molar-refractivity contribution in [2.75, 3.05) is 24.7 Å². The summed E-state index contributed by atoms with van der Waals surface area (Å²) in [4.78, 5) is 17.3. The predicted molar refractivity (Wildman–Crippen MR) is 118 cm³/mol. The molecule has 7 heteroatoms. The molecule has 1 amide bonds. The number of piperidine rings is 1. The van der Waals surface area contributed by atoms with Crippen molar-refractivity contribution in [3.05, 3.63) is 65.7 Å². The second-order valence-electron chi connectivity index (χ2n) is 9.33. The van der Waals surface area contributed by atoms with Crippen molar-refractivity contribution in [3.8, 4) is 0 Å². The third kappa shape index (κ3) is 3.48. The van der Waals surface area contributed by atoms with Gasteiger partial charge in [0.2, 0.25) is 5.91 Å². The Morgan fingerprint density at radius 2 is 1.53 bits per heavy atom. The van der Waals surface area contributed by atoms with Gasteiger partial charge in [0.15, 0.2) is 0 Å². The molecule has 2 heterocycles. The van der Waals surface area contributed by atoms with Crippen molar-refractivity contribution in [2.24, 2.45) is 0 Å². The maximum atomic E-state index is 13.5. The molecule has 2 atom stereocenters. The van der Waals surface area contributed by atoms with E-state index in [9.17, 15) is 18.7 Å². The van der Waals surface area contributed by atoms with Crippen molar-refractivity contribution >= 4 is 11.6 Å². The van der Waals surface area contributed by atoms with Gasteiger partial charge in [-0.05, 0) is 67.6 Å². The second kappa shape index (κ2) is 8.12. The van der Waals surface area contributed by atoms with Crippen LogP contribution in [0.25, 0.3) is 0 Å². The molecule has 2 saturated heterocycles. The molecule has 170 valence electrons. The van der Waals surface area contributed by atoms with Gasteiger partial charge in [-0.15, -0.1) is 0 Å². The number of nitrogens with one attached hydrogen (secondary N) is 1. The first-order valence-electron chi connectivity index (χ1n) is 11.5. The minimum absolute atomic E-state index is 0.0129. The first kappa shape index (κ1) is 21.3. The highest BCUT2D eigenvalue weighted by Gasteiger charge is 2.53. The Morgan fingerprint density at radius 1 is 0.906 bits per heavy atom. The zero-order valence-electron chi connectivity index (χ0n) is 18.1. The lowest BCUT2D eigenvalue weighted by molar-refractivity contribution is -0.127. The fourth-order valence-corrected chi connectivity index (χ4v) is 5.95. The zero-order valence-corrected chi connectivity index (χ0v) is 18.1. The summed E-state index contributed by atoms with van der Waals surface area (Å²) < 4.78 is 26.9. The normalized spacial score (nSPS) is 28.2. The Kier molecular flexibility index (Phi) is 5.42. The molecule has 3 fully saturated rings. The Labute approximate surface area is 187 Å². The van der Waals surface area contributed by atoms with E-state index in [-0.39, 0.29) is 23.6 Å². The largest absolute Gasteiger partial charge is 0.384 e. The fraction of sp³-hybridized carbons (Fsp3) is 0.480. The molecule has 2 unspecified atom stereocenters. The van der Waals surface area contributed by atoms with E-state index >= 15 is 0 Å². The third-order valence-electron chi connectivity index (χ3n) is 7.72. The van der Waals surface area contributed by atoms with E-state index in [0.717, 1.165) is 30.5 Å².